The zero-order valence-electron chi connectivity index (χ0n) is 10.4. The van der Waals surface area contributed by atoms with Gasteiger partial charge in [-0.05, 0) is 36.1 Å². The molecule has 0 bridgehead atoms. The van der Waals surface area contributed by atoms with Crippen molar-refractivity contribution in [1.29, 1.82) is 0 Å². The van der Waals surface area contributed by atoms with E-state index in [1.807, 2.05) is 0 Å². The molecule has 0 aromatic carbocycles. The average Bonchev–Trinajstić information content (AvgIpc) is 2.54. The van der Waals surface area contributed by atoms with Crippen LogP contribution in [0.1, 0.15) is 47.5 Å². The minimum atomic E-state index is 0.476. The summed E-state index contributed by atoms with van der Waals surface area (Å²) in [6.45, 7) is 14.7. The monoisotopic (exact) mass is 195 g/mol. The summed E-state index contributed by atoms with van der Waals surface area (Å²) >= 11 is 0. The van der Waals surface area contributed by atoms with Crippen molar-refractivity contribution in [2.24, 2.45) is 16.7 Å². The molecule has 2 aliphatic rings. The van der Waals surface area contributed by atoms with E-state index in [1.54, 1.807) is 0 Å². The second-order valence-corrected chi connectivity index (χ2v) is 6.78. The lowest BCUT2D eigenvalue weighted by Gasteiger charge is -2.31. The predicted molar refractivity (Wildman–Crippen MR) is 61.3 cm³/mol. The molecule has 1 saturated carbocycles. The molecule has 3 atom stereocenters. The molecule has 1 aliphatic carbocycles. The Balaban J connectivity index is 1.98. The van der Waals surface area contributed by atoms with E-state index in [1.165, 1.54) is 25.9 Å². The van der Waals surface area contributed by atoms with Gasteiger partial charge in [0.1, 0.15) is 0 Å². The van der Waals surface area contributed by atoms with Crippen molar-refractivity contribution in [3.05, 3.63) is 0 Å². The zero-order valence-corrected chi connectivity index (χ0v) is 10.4. The molecule has 2 rings (SSSR count). The molecule has 1 aliphatic heterocycles. The summed E-state index contributed by atoms with van der Waals surface area (Å²) in [6.07, 6.45) is 2.83. The Morgan fingerprint density at radius 2 is 1.93 bits per heavy atom. The normalized spacial score (nSPS) is 44.4. The smallest absolute Gasteiger partial charge is 0.0161 e. The third-order valence-electron chi connectivity index (χ3n) is 4.80. The van der Waals surface area contributed by atoms with Crippen LogP contribution in [0, 0.1) is 16.7 Å². The van der Waals surface area contributed by atoms with E-state index in [9.17, 15) is 0 Å². The molecule has 14 heavy (non-hydrogen) atoms. The van der Waals surface area contributed by atoms with Crippen LogP contribution in [0.5, 0.6) is 0 Å². The van der Waals surface area contributed by atoms with Gasteiger partial charge in [0, 0.05) is 12.6 Å². The maximum atomic E-state index is 2.73. The highest BCUT2D eigenvalue weighted by atomic mass is 15.2. The van der Waals surface area contributed by atoms with Crippen LogP contribution in [-0.2, 0) is 0 Å². The Morgan fingerprint density at radius 1 is 1.29 bits per heavy atom. The predicted octanol–water partition coefficient (Wildman–Crippen LogP) is 3.15. The molecule has 2 fully saturated rings. The summed E-state index contributed by atoms with van der Waals surface area (Å²) in [5.41, 5.74) is 1.06. The lowest BCUT2D eigenvalue weighted by molar-refractivity contribution is 0.171. The van der Waals surface area contributed by atoms with Crippen LogP contribution >= 0.6 is 0 Å². The standard InChI is InChI=1S/C13H25N/c1-10-6-7-14(9-10)11-8-13(11,5)12(2,3)4/h10-11H,6-9H2,1-5H3/t10-,11-,13-/m1/s1. The van der Waals surface area contributed by atoms with Crippen molar-refractivity contribution in [3.63, 3.8) is 0 Å². The second kappa shape index (κ2) is 2.98. The molecule has 0 aromatic rings. The zero-order chi connectivity index (χ0) is 10.6. The van der Waals surface area contributed by atoms with Crippen LogP contribution in [0.3, 0.4) is 0 Å². The SMILES string of the molecule is C[C@@H]1CCN([C@@H]2C[C@@]2(C)C(C)(C)C)C1. The number of hydrogen-bond acceptors (Lipinski definition) is 1. The average molecular weight is 195 g/mol. The van der Waals surface area contributed by atoms with Gasteiger partial charge in [0.15, 0.2) is 0 Å². The highest BCUT2D eigenvalue weighted by Crippen LogP contribution is 2.60. The molecule has 0 aromatic heterocycles. The van der Waals surface area contributed by atoms with Gasteiger partial charge in [0.05, 0.1) is 0 Å². The van der Waals surface area contributed by atoms with Crippen LogP contribution in [0.15, 0.2) is 0 Å². The second-order valence-electron chi connectivity index (χ2n) is 6.78. The highest BCUT2D eigenvalue weighted by molar-refractivity contribution is 5.12. The van der Waals surface area contributed by atoms with Gasteiger partial charge in [-0.15, -0.1) is 0 Å². The first kappa shape index (κ1) is 10.5. The molecule has 1 nitrogen and oxygen atoms in total. The van der Waals surface area contributed by atoms with Gasteiger partial charge in [0.25, 0.3) is 0 Å². The van der Waals surface area contributed by atoms with Crippen LogP contribution < -0.4 is 0 Å². The first-order chi connectivity index (χ1) is 6.34. The Kier molecular flexibility index (Phi) is 2.23. The number of likely N-dealkylation sites (tertiary alicyclic amines) is 1. The molecule has 0 radical (unpaired) electrons. The Hall–Kier alpha value is -0.0400. The van der Waals surface area contributed by atoms with E-state index in [0.717, 1.165) is 12.0 Å². The fraction of sp³-hybridized carbons (Fsp3) is 1.00. The highest BCUT2D eigenvalue weighted by Gasteiger charge is 2.59. The molecule has 0 spiro atoms. The fourth-order valence-corrected chi connectivity index (χ4v) is 2.93. The van der Waals surface area contributed by atoms with Crippen LogP contribution in [0.2, 0.25) is 0 Å². The summed E-state index contributed by atoms with van der Waals surface area (Å²) < 4.78 is 0. The van der Waals surface area contributed by atoms with Crippen molar-refractivity contribution >= 4 is 0 Å². The third-order valence-corrected chi connectivity index (χ3v) is 4.80. The summed E-state index contributed by atoms with van der Waals surface area (Å²) in [7, 11) is 0. The van der Waals surface area contributed by atoms with E-state index in [0.29, 0.717) is 10.8 Å². The molecule has 1 heteroatoms. The molecule has 82 valence electrons. The summed E-state index contributed by atoms with van der Waals surface area (Å²) in [6, 6.07) is 0.882. The first-order valence-corrected chi connectivity index (χ1v) is 6.08. The molecule has 0 N–H and O–H groups in total. The van der Waals surface area contributed by atoms with E-state index >= 15 is 0 Å². The summed E-state index contributed by atoms with van der Waals surface area (Å²) in [4.78, 5) is 2.73. The van der Waals surface area contributed by atoms with E-state index in [-0.39, 0.29) is 0 Å². The summed E-state index contributed by atoms with van der Waals surface area (Å²) in [5.74, 6) is 0.930. The van der Waals surface area contributed by atoms with E-state index in [4.69, 9.17) is 0 Å². The molecule has 1 heterocycles. The van der Waals surface area contributed by atoms with E-state index in [2.05, 4.69) is 39.5 Å². The van der Waals surface area contributed by atoms with Crippen molar-refractivity contribution < 1.29 is 0 Å². The van der Waals surface area contributed by atoms with Gasteiger partial charge in [0.2, 0.25) is 0 Å². The van der Waals surface area contributed by atoms with Crippen LogP contribution in [0.25, 0.3) is 0 Å². The largest absolute Gasteiger partial charge is 0.300 e. The quantitative estimate of drug-likeness (QED) is 0.621. The maximum absolute atomic E-state index is 2.73. The van der Waals surface area contributed by atoms with Crippen molar-refractivity contribution in [2.45, 2.75) is 53.5 Å². The van der Waals surface area contributed by atoms with Gasteiger partial charge in [-0.2, -0.15) is 0 Å². The number of rotatable bonds is 1. The van der Waals surface area contributed by atoms with Crippen molar-refractivity contribution in [1.82, 2.24) is 4.90 Å². The molecule has 0 amide bonds. The minimum absolute atomic E-state index is 0.476. The van der Waals surface area contributed by atoms with Crippen LogP contribution in [-0.4, -0.2) is 24.0 Å². The lowest BCUT2D eigenvalue weighted by Crippen LogP contribution is -2.32. The first-order valence-electron chi connectivity index (χ1n) is 6.08. The van der Waals surface area contributed by atoms with Gasteiger partial charge in [-0.3, -0.25) is 4.90 Å². The Morgan fingerprint density at radius 3 is 2.29 bits per heavy atom. The van der Waals surface area contributed by atoms with Crippen molar-refractivity contribution in [2.75, 3.05) is 13.1 Å². The molecule has 0 unspecified atom stereocenters. The molecule has 1 saturated heterocycles. The summed E-state index contributed by atoms with van der Waals surface area (Å²) in [5, 5.41) is 0. The molecular formula is C13H25N. The minimum Gasteiger partial charge on any atom is -0.300 e. The van der Waals surface area contributed by atoms with Crippen molar-refractivity contribution in [3.8, 4) is 0 Å². The topological polar surface area (TPSA) is 3.24 Å². The molecular weight excluding hydrogens is 170 g/mol. The lowest BCUT2D eigenvalue weighted by atomic mass is 9.78. The fourth-order valence-electron chi connectivity index (χ4n) is 2.93. The van der Waals surface area contributed by atoms with Crippen LogP contribution in [0.4, 0.5) is 0 Å². The number of nitrogens with zero attached hydrogens (tertiary/aromatic N) is 1. The third kappa shape index (κ3) is 1.50. The van der Waals surface area contributed by atoms with Gasteiger partial charge >= 0.3 is 0 Å². The van der Waals surface area contributed by atoms with Gasteiger partial charge in [-0.1, -0.05) is 34.6 Å². The number of hydrogen-bond donors (Lipinski definition) is 0. The Bertz CT molecular complexity index is 228. The Labute approximate surface area is 88.9 Å². The van der Waals surface area contributed by atoms with E-state index < -0.39 is 0 Å². The van der Waals surface area contributed by atoms with Gasteiger partial charge in [-0.25, -0.2) is 0 Å². The van der Waals surface area contributed by atoms with Gasteiger partial charge < -0.3 is 0 Å². The maximum Gasteiger partial charge on any atom is 0.0161 e.